The summed E-state index contributed by atoms with van der Waals surface area (Å²) in [4.78, 5) is 23.7. The van der Waals surface area contributed by atoms with Crippen molar-refractivity contribution < 1.29 is 14.0 Å². The topological polar surface area (TPSA) is 46.2 Å². The maximum atomic E-state index is 13.7. The van der Waals surface area contributed by atoms with Crippen LogP contribution in [0.25, 0.3) is 0 Å². The molecule has 0 saturated heterocycles. The zero-order valence-corrected chi connectivity index (χ0v) is 10.8. The van der Waals surface area contributed by atoms with Gasteiger partial charge in [-0.2, -0.15) is 0 Å². The standard InChI is InChI=1S/C15H16FNO2/c1-9-3-5-11(12(16)7-9)15(19)17-13-6-4-10(2)8-14(13)18/h3,5,7,13H,2,4,6,8H2,1H3,(H,17,19). The van der Waals surface area contributed by atoms with Crippen LogP contribution in [0.15, 0.2) is 30.4 Å². The Labute approximate surface area is 111 Å². The molecule has 1 aliphatic rings. The van der Waals surface area contributed by atoms with Gasteiger partial charge in [0.15, 0.2) is 5.78 Å². The van der Waals surface area contributed by atoms with E-state index in [1.165, 1.54) is 12.1 Å². The smallest absolute Gasteiger partial charge is 0.254 e. The summed E-state index contributed by atoms with van der Waals surface area (Å²) in [6, 6.07) is 3.88. The maximum absolute atomic E-state index is 13.7. The van der Waals surface area contributed by atoms with Crippen molar-refractivity contribution in [3.05, 3.63) is 47.3 Å². The van der Waals surface area contributed by atoms with Crippen molar-refractivity contribution in [3.8, 4) is 0 Å². The number of hydrogen-bond acceptors (Lipinski definition) is 2. The molecule has 1 aromatic rings. The summed E-state index contributed by atoms with van der Waals surface area (Å²) in [7, 11) is 0. The van der Waals surface area contributed by atoms with E-state index in [0.717, 1.165) is 11.1 Å². The van der Waals surface area contributed by atoms with Gasteiger partial charge in [0.2, 0.25) is 0 Å². The van der Waals surface area contributed by atoms with E-state index < -0.39 is 17.8 Å². The summed E-state index contributed by atoms with van der Waals surface area (Å²) in [6.07, 6.45) is 1.55. The van der Waals surface area contributed by atoms with Crippen molar-refractivity contribution >= 4 is 11.7 Å². The van der Waals surface area contributed by atoms with Crippen LogP contribution in [0.3, 0.4) is 0 Å². The Kier molecular flexibility index (Phi) is 3.79. The first-order valence-corrected chi connectivity index (χ1v) is 6.24. The molecule has 19 heavy (non-hydrogen) atoms. The minimum atomic E-state index is -0.565. The monoisotopic (exact) mass is 261 g/mol. The molecule has 0 heterocycles. The van der Waals surface area contributed by atoms with E-state index >= 15 is 0 Å². The minimum absolute atomic E-state index is 0.0252. The van der Waals surface area contributed by atoms with Crippen LogP contribution < -0.4 is 5.32 Å². The van der Waals surface area contributed by atoms with Crippen molar-refractivity contribution in [1.82, 2.24) is 5.32 Å². The Morgan fingerprint density at radius 3 is 2.84 bits per heavy atom. The second-order valence-corrected chi connectivity index (χ2v) is 4.94. The lowest BCUT2D eigenvalue weighted by molar-refractivity contribution is -0.121. The van der Waals surface area contributed by atoms with Crippen LogP contribution in [0, 0.1) is 12.7 Å². The number of hydrogen-bond donors (Lipinski definition) is 1. The highest BCUT2D eigenvalue weighted by Gasteiger charge is 2.26. The van der Waals surface area contributed by atoms with Gasteiger partial charge in [0, 0.05) is 6.42 Å². The molecule has 0 spiro atoms. The molecule has 0 aromatic heterocycles. The molecule has 1 amide bonds. The van der Waals surface area contributed by atoms with Gasteiger partial charge in [-0.15, -0.1) is 0 Å². The summed E-state index contributed by atoms with van der Waals surface area (Å²) in [5.41, 5.74) is 1.61. The van der Waals surface area contributed by atoms with Crippen molar-refractivity contribution in [1.29, 1.82) is 0 Å². The number of carbonyl (C=O) groups excluding carboxylic acids is 2. The first kappa shape index (κ1) is 13.5. The molecule has 4 heteroatoms. The molecule has 2 rings (SSSR count). The highest BCUT2D eigenvalue weighted by atomic mass is 19.1. The number of allylic oxidation sites excluding steroid dienone is 1. The van der Waals surface area contributed by atoms with E-state index in [4.69, 9.17) is 0 Å². The van der Waals surface area contributed by atoms with Gasteiger partial charge in [-0.25, -0.2) is 4.39 Å². The van der Waals surface area contributed by atoms with Crippen LogP contribution in [-0.4, -0.2) is 17.7 Å². The van der Waals surface area contributed by atoms with Crippen LogP contribution in [0.5, 0.6) is 0 Å². The van der Waals surface area contributed by atoms with Crippen LogP contribution in [0.4, 0.5) is 4.39 Å². The summed E-state index contributed by atoms with van der Waals surface area (Å²) in [6.45, 7) is 5.52. The Morgan fingerprint density at radius 1 is 1.47 bits per heavy atom. The number of Topliss-reactive ketones (excluding diaryl/α,β-unsaturated/α-hetero) is 1. The lowest BCUT2D eigenvalue weighted by atomic mass is 9.90. The fourth-order valence-corrected chi connectivity index (χ4v) is 2.16. The number of nitrogens with one attached hydrogen (secondary N) is 1. The molecule has 0 radical (unpaired) electrons. The molecule has 100 valence electrons. The molecule has 1 fully saturated rings. The van der Waals surface area contributed by atoms with Gasteiger partial charge in [0.1, 0.15) is 5.82 Å². The third kappa shape index (κ3) is 3.08. The van der Waals surface area contributed by atoms with Gasteiger partial charge >= 0.3 is 0 Å². The van der Waals surface area contributed by atoms with Gasteiger partial charge < -0.3 is 5.32 Å². The third-order valence-corrected chi connectivity index (χ3v) is 3.27. The van der Waals surface area contributed by atoms with Gasteiger partial charge in [0.05, 0.1) is 11.6 Å². The molecule has 1 saturated carbocycles. The Hall–Kier alpha value is -1.97. The van der Waals surface area contributed by atoms with Crippen molar-refractivity contribution in [2.24, 2.45) is 0 Å². The van der Waals surface area contributed by atoms with Crippen LogP contribution in [0.2, 0.25) is 0 Å². The highest BCUT2D eigenvalue weighted by Crippen LogP contribution is 2.19. The van der Waals surface area contributed by atoms with Crippen LogP contribution in [0.1, 0.15) is 35.2 Å². The second-order valence-electron chi connectivity index (χ2n) is 4.94. The Balaban J connectivity index is 2.09. The first-order chi connectivity index (χ1) is 8.97. The number of carbonyl (C=O) groups is 2. The zero-order chi connectivity index (χ0) is 14.0. The molecule has 1 unspecified atom stereocenters. The van der Waals surface area contributed by atoms with E-state index in [1.807, 2.05) is 0 Å². The summed E-state index contributed by atoms with van der Waals surface area (Å²) < 4.78 is 13.7. The predicted molar refractivity (Wildman–Crippen MR) is 70.4 cm³/mol. The quantitative estimate of drug-likeness (QED) is 0.832. The number of benzene rings is 1. The van der Waals surface area contributed by atoms with Gasteiger partial charge in [0.25, 0.3) is 5.91 Å². The fraction of sp³-hybridized carbons (Fsp3) is 0.333. The molecule has 1 atom stereocenters. The third-order valence-electron chi connectivity index (χ3n) is 3.27. The molecule has 1 aliphatic carbocycles. The molecule has 3 nitrogen and oxygen atoms in total. The molecular formula is C15H16FNO2. The molecule has 1 aromatic carbocycles. The van der Waals surface area contributed by atoms with Crippen molar-refractivity contribution in [2.75, 3.05) is 0 Å². The lowest BCUT2D eigenvalue weighted by Gasteiger charge is -2.23. The van der Waals surface area contributed by atoms with Crippen LogP contribution in [-0.2, 0) is 4.79 Å². The number of halogens is 1. The summed E-state index contributed by atoms with van der Waals surface area (Å²) >= 11 is 0. The normalized spacial score (nSPS) is 19.4. The van der Waals surface area contributed by atoms with Crippen molar-refractivity contribution in [2.45, 2.75) is 32.2 Å². The number of rotatable bonds is 2. The fourth-order valence-electron chi connectivity index (χ4n) is 2.16. The predicted octanol–water partition coefficient (Wildman–Crippen LogP) is 2.54. The van der Waals surface area contributed by atoms with Gasteiger partial charge in [-0.3, -0.25) is 9.59 Å². The Morgan fingerprint density at radius 2 is 2.21 bits per heavy atom. The largest absolute Gasteiger partial charge is 0.342 e. The summed E-state index contributed by atoms with van der Waals surface area (Å²) in [5, 5.41) is 2.60. The van der Waals surface area contributed by atoms with Gasteiger partial charge in [-0.05, 0) is 37.5 Å². The SMILES string of the molecule is C=C1CCC(NC(=O)c2ccc(C)cc2F)C(=O)C1. The van der Waals surface area contributed by atoms with E-state index in [-0.39, 0.29) is 11.3 Å². The van der Waals surface area contributed by atoms with E-state index in [1.54, 1.807) is 13.0 Å². The number of amides is 1. The average Bonchev–Trinajstić information content (AvgIpc) is 2.32. The van der Waals surface area contributed by atoms with Crippen LogP contribution >= 0.6 is 0 Å². The van der Waals surface area contributed by atoms with Gasteiger partial charge in [-0.1, -0.05) is 18.2 Å². The minimum Gasteiger partial charge on any atom is -0.342 e. The number of aryl methyl sites for hydroxylation is 1. The second kappa shape index (κ2) is 5.34. The van der Waals surface area contributed by atoms with Crippen molar-refractivity contribution in [3.63, 3.8) is 0 Å². The molecule has 0 bridgehead atoms. The Bertz CT molecular complexity index is 551. The summed E-state index contributed by atoms with van der Waals surface area (Å²) in [5.74, 6) is -1.16. The zero-order valence-electron chi connectivity index (χ0n) is 10.8. The highest BCUT2D eigenvalue weighted by molar-refractivity contribution is 5.98. The van der Waals surface area contributed by atoms with E-state index in [9.17, 15) is 14.0 Å². The average molecular weight is 261 g/mol. The lowest BCUT2D eigenvalue weighted by Crippen LogP contribution is -2.43. The molecular weight excluding hydrogens is 245 g/mol. The van der Waals surface area contributed by atoms with E-state index in [2.05, 4.69) is 11.9 Å². The maximum Gasteiger partial charge on any atom is 0.254 e. The molecule has 0 aliphatic heterocycles. The molecule has 1 N–H and O–H groups in total. The van der Waals surface area contributed by atoms with E-state index in [0.29, 0.717) is 19.3 Å². The number of ketones is 1. The first-order valence-electron chi connectivity index (χ1n) is 6.24.